The van der Waals surface area contributed by atoms with Gasteiger partial charge in [0.2, 0.25) is 11.6 Å². The smallest absolute Gasteiger partial charge is 0.205 e. The fourth-order valence-electron chi connectivity index (χ4n) is 4.95. The summed E-state index contributed by atoms with van der Waals surface area (Å²) in [5, 5.41) is 0. The average molecular weight is 477 g/mol. The van der Waals surface area contributed by atoms with E-state index in [0.29, 0.717) is 5.92 Å². The maximum absolute atomic E-state index is 14.3. The summed E-state index contributed by atoms with van der Waals surface area (Å²) in [6.45, 7) is 4.16. The molecule has 0 amide bonds. The van der Waals surface area contributed by atoms with Gasteiger partial charge in [-0.25, -0.2) is 0 Å². The van der Waals surface area contributed by atoms with Crippen LogP contribution in [0.2, 0.25) is 0 Å². The second-order valence-electron chi connectivity index (χ2n) is 9.39. The van der Waals surface area contributed by atoms with Crippen LogP contribution in [0.4, 0.5) is 8.78 Å². The van der Waals surface area contributed by atoms with Crippen LogP contribution in [0.5, 0.6) is 11.5 Å². The third kappa shape index (κ3) is 6.30. The molecule has 0 atom stereocenters. The first kappa shape index (κ1) is 25.0. The predicted octanol–water partition coefficient (Wildman–Crippen LogP) is 9.20. The standard InChI is InChI=1S/C31H34F2O2/c1-3-5-22-6-10-24(11-7-22)26-14-16-27(17-15-26)25-12-8-23(9-13-25)21-35-29-19-18-28(34-20-4-2)30(32)31(29)33/h4,8-9,12-20,22,24H,3,5-7,10-11,21H2,1-2H3/b20-4+. The highest BCUT2D eigenvalue weighted by molar-refractivity contribution is 5.64. The van der Waals surface area contributed by atoms with E-state index in [0.717, 1.165) is 17.0 Å². The summed E-state index contributed by atoms with van der Waals surface area (Å²) >= 11 is 0. The van der Waals surface area contributed by atoms with Gasteiger partial charge in [0.1, 0.15) is 6.61 Å². The maximum atomic E-state index is 14.3. The zero-order valence-corrected chi connectivity index (χ0v) is 20.6. The second-order valence-corrected chi connectivity index (χ2v) is 9.39. The lowest BCUT2D eigenvalue weighted by Crippen LogP contribution is -2.13. The molecule has 0 bridgehead atoms. The molecular formula is C31H34F2O2. The van der Waals surface area contributed by atoms with Gasteiger partial charge < -0.3 is 9.47 Å². The van der Waals surface area contributed by atoms with Crippen LogP contribution in [0.15, 0.2) is 73.0 Å². The molecule has 0 unspecified atom stereocenters. The van der Waals surface area contributed by atoms with Crippen molar-refractivity contribution in [1.82, 2.24) is 0 Å². The molecule has 4 rings (SSSR count). The fraction of sp³-hybridized carbons (Fsp3) is 0.355. The zero-order valence-electron chi connectivity index (χ0n) is 20.6. The van der Waals surface area contributed by atoms with Crippen LogP contribution in [0.1, 0.15) is 69.4 Å². The van der Waals surface area contributed by atoms with E-state index in [1.807, 2.05) is 24.3 Å². The summed E-state index contributed by atoms with van der Waals surface area (Å²) in [7, 11) is 0. The van der Waals surface area contributed by atoms with Gasteiger partial charge in [0.15, 0.2) is 11.5 Å². The number of hydrogen-bond donors (Lipinski definition) is 0. The van der Waals surface area contributed by atoms with Gasteiger partial charge in [0, 0.05) is 0 Å². The van der Waals surface area contributed by atoms with Gasteiger partial charge in [0.05, 0.1) is 6.26 Å². The highest BCUT2D eigenvalue weighted by Gasteiger charge is 2.21. The SMILES string of the molecule is C/C=C/Oc1ccc(OCc2ccc(-c3ccc(C4CCC(CCC)CC4)cc3)cc2)c(F)c1F. The number of benzene rings is 3. The summed E-state index contributed by atoms with van der Waals surface area (Å²) in [6.07, 6.45) is 10.9. The monoisotopic (exact) mass is 476 g/mol. The van der Waals surface area contributed by atoms with Crippen molar-refractivity contribution in [2.45, 2.75) is 64.9 Å². The quantitative estimate of drug-likeness (QED) is 0.287. The van der Waals surface area contributed by atoms with E-state index < -0.39 is 11.6 Å². The van der Waals surface area contributed by atoms with Crippen molar-refractivity contribution in [2.75, 3.05) is 0 Å². The molecule has 0 aromatic heterocycles. The predicted molar refractivity (Wildman–Crippen MR) is 138 cm³/mol. The maximum Gasteiger partial charge on any atom is 0.205 e. The molecular weight excluding hydrogens is 442 g/mol. The van der Waals surface area contributed by atoms with Crippen molar-refractivity contribution in [3.05, 3.63) is 95.8 Å². The molecule has 2 nitrogen and oxygen atoms in total. The molecule has 3 aromatic carbocycles. The van der Waals surface area contributed by atoms with Gasteiger partial charge in [-0.2, -0.15) is 8.78 Å². The van der Waals surface area contributed by atoms with Crippen molar-refractivity contribution < 1.29 is 18.3 Å². The number of hydrogen-bond acceptors (Lipinski definition) is 2. The minimum absolute atomic E-state index is 0.140. The molecule has 184 valence electrons. The van der Waals surface area contributed by atoms with Crippen LogP contribution >= 0.6 is 0 Å². The Kier molecular flexibility index (Phi) is 8.57. The van der Waals surface area contributed by atoms with Gasteiger partial charge in [-0.15, -0.1) is 0 Å². The van der Waals surface area contributed by atoms with Crippen LogP contribution in [0.3, 0.4) is 0 Å². The van der Waals surface area contributed by atoms with Gasteiger partial charge >= 0.3 is 0 Å². The molecule has 0 heterocycles. The normalized spacial score (nSPS) is 18.1. The molecule has 1 aliphatic rings. The molecule has 1 fully saturated rings. The first-order chi connectivity index (χ1) is 17.1. The number of allylic oxidation sites excluding steroid dienone is 1. The summed E-state index contributed by atoms with van der Waals surface area (Å²) in [5.41, 5.74) is 4.62. The molecule has 0 saturated heterocycles. The lowest BCUT2D eigenvalue weighted by molar-refractivity contribution is 0.281. The second kappa shape index (κ2) is 12.0. The molecule has 3 aromatic rings. The van der Waals surface area contributed by atoms with E-state index in [9.17, 15) is 8.78 Å². The zero-order chi connectivity index (χ0) is 24.6. The first-order valence-corrected chi connectivity index (χ1v) is 12.7. The van der Waals surface area contributed by atoms with E-state index in [4.69, 9.17) is 9.47 Å². The third-order valence-electron chi connectivity index (χ3n) is 6.95. The van der Waals surface area contributed by atoms with Crippen molar-refractivity contribution in [3.63, 3.8) is 0 Å². The van der Waals surface area contributed by atoms with Crippen LogP contribution in [-0.4, -0.2) is 0 Å². The Morgan fingerprint density at radius 3 is 2.03 bits per heavy atom. The van der Waals surface area contributed by atoms with Crippen LogP contribution in [-0.2, 0) is 6.61 Å². The van der Waals surface area contributed by atoms with Gasteiger partial charge in [-0.1, -0.05) is 74.4 Å². The van der Waals surface area contributed by atoms with E-state index >= 15 is 0 Å². The molecule has 1 saturated carbocycles. The molecule has 0 N–H and O–H groups in total. The highest BCUT2D eigenvalue weighted by atomic mass is 19.2. The Hall–Kier alpha value is -3.14. The van der Waals surface area contributed by atoms with Crippen LogP contribution < -0.4 is 9.47 Å². The lowest BCUT2D eigenvalue weighted by Gasteiger charge is -2.28. The number of ether oxygens (including phenoxy) is 2. The van der Waals surface area contributed by atoms with Crippen molar-refractivity contribution in [1.29, 1.82) is 0 Å². The molecule has 0 spiro atoms. The van der Waals surface area contributed by atoms with Gasteiger partial charge in [-0.05, 0) is 78.8 Å². The van der Waals surface area contributed by atoms with Crippen molar-refractivity contribution in [2.24, 2.45) is 5.92 Å². The lowest BCUT2D eigenvalue weighted by atomic mass is 9.77. The Morgan fingerprint density at radius 2 is 1.40 bits per heavy atom. The molecule has 4 heteroatoms. The minimum atomic E-state index is -1.06. The first-order valence-electron chi connectivity index (χ1n) is 12.7. The summed E-state index contributed by atoms with van der Waals surface area (Å²) in [4.78, 5) is 0. The summed E-state index contributed by atoms with van der Waals surface area (Å²) < 4.78 is 39.0. The van der Waals surface area contributed by atoms with Gasteiger partial charge in [0.25, 0.3) is 0 Å². The van der Waals surface area contributed by atoms with E-state index in [1.165, 1.54) is 68.0 Å². The Bertz CT molecular complexity index is 1110. The largest absolute Gasteiger partial charge is 0.486 e. The molecule has 0 radical (unpaired) electrons. The Morgan fingerprint density at radius 1 is 0.800 bits per heavy atom. The molecule has 35 heavy (non-hydrogen) atoms. The van der Waals surface area contributed by atoms with Crippen molar-refractivity contribution in [3.8, 4) is 22.6 Å². The fourth-order valence-corrected chi connectivity index (χ4v) is 4.95. The van der Waals surface area contributed by atoms with E-state index in [2.05, 4.69) is 31.2 Å². The van der Waals surface area contributed by atoms with E-state index in [1.54, 1.807) is 13.0 Å². The average Bonchev–Trinajstić information content (AvgIpc) is 2.90. The third-order valence-corrected chi connectivity index (χ3v) is 6.95. The van der Waals surface area contributed by atoms with Crippen LogP contribution in [0.25, 0.3) is 11.1 Å². The topological polar surface area (TPSA) is 18.5 Å². The Labute approximate surface area is 207 Å². The highest BCUT2D eigenvalue weighted by Crippen LogP contribution is 2.38. The number of rotatable bonds is 9. The molecule has 0 aliphatic heterocycles. The summed E-state index contributed by atoms with van der Waals surface area (Å²) in [6, 6.07) is 19.7. The molecule has 1 aliphatic carbocycles. The number of halogens is 2. The van der Waals surface area contributed by atoms with E-state index in [-0.39, 0.29) is 18.1 Å². The van der Waals surface area contributed by atoms with Crippen molar-refractivity contribution >= 4 is 0 Å². The summed E-state index contributed by atoms with van der Waals surface area (Å²) in [5.74, 6) is -0.821. The Balaban J connectivity index is 1.34. The van der Waals surface area contributed by atoms with Crippen LogP contribution in [0, 0.1) is 17.6 Å². The minimum Gasteiger partial charge on any atom is -0.486 e. The van der Waals surface area contributed by atoms with Gasteiger partial charge in [-0.3, -0.25) is 0 Å².